The molecule has 114 valence electrons. The van der Waals surface area contributed by atoms with Gasteiger partial charge in [0.1, 0.15) is 0 Å². The van der Waals surface area contributed by atoms with Gasteiger partial charge in [0, 0.05) is 18.5 Å². The van der Waals surface area contributed by atoms with Crippen LogP contribution in [0.1, 0.15) is 20.3 Å². The summed E-state index contributed by atoms with van der Waals surface area (Å²) in [4.78, 5) is 0.324. The highest BCUT2D eigenvalue weighted by atomic mass is 32.2. The summed E-state index contributed by atoms with van der Waals surface area (Å²) < 4.78 is 32.8. The van der Waals surface area contributed by atoms with Crippen molar-refractivity contribution in [2.45, 2.75) is 31.3 Å². The summed E-state index contributed by atoms with van der Waals surface area (Å²) in [5.41, 5.74) is 0. The van der Waals surface area contributed by atoms with E-state index in [1.807, 2.05) is 44.2 Å². The highest BCUT2D eigenvalue weighted by Gasteiger charge is 2.16. The zero-order valence-corrected chi connectivity index (χ0v) is 13.2. The van der Waals surface area contributed by atoms with Gasteiger partial charge in [-0.1, -0.05) is 36.4 Å². The Hall–Kier alpha value is -1.43. The third-order valence-electron chi connectivity index (χ3n) is 3.10. The van der Waals surface area contributed by atoms with Crippen molar-refractivity contribution in [1.29, 1.82) is 0 Å². The SMILES string of the molecule is CC(C)OCCCNS(=O)(=O)c1cccc2ccccc12. The highest BCUT2D eigenvalue weighted by molar-refractivity contribution is 7.89. The molecular formula is C16H21NO3S. The lowest BCUT2D eigenvalue weighted by Crippen LogP contribution is -2.26. The molecule has 0 atom stereocenters. The smallest absolute Gasteiger partial charge is 0.241 e. The quantitative estimate of drug-likeness (QED) is 0.800. The van der Waals surface area contributed by atoms with Gasteiger partial charge in [-0.3, -0.25) is 0 Å². The molecule has 0 aliphatic heterocycles. The minimum absolute atomic E-state index is 0.166. The Bertz CT molecular complexity index is 690. The van der Waals surface area contributed by atoms with Crippen molar-refractivity contribution >= 4 is 20.8 Å². The largest absolute Gasteiger partial charge is 0.379 e. The first-order valence-corrected chi connectivity index (χ1v) is 8.58. The van der Waals surface area contributed by atoms with Gasteiger partial charge in [0.15, 0.2) is 0 Å². The minimum atomic E-state index is -3.49. The normalized spacial score (nSPS) is 12.1. The molecule has 21 heavy (non-hydrogen) atoms. The molecule has 0 saturated carbocycles. The molecule has 0 bridgehead atoms. The van der Waals surface area contributed by atoms with E-state index in [2.05, 4.69) is 4.72 Å². The Kier molecular flexibility index (Phi) is 5.33. The van der Waals surface area contributed by atoms with E-state index in [0.717, 1.165) is 10.8 Å². The summed E-state index contributed by atoms with van der Waals surface area (Å²) in [6.07, 6.45) is 0.821. The Morgan fingerprint density at radius 3 is 2.57 bits per heavy atom. The van der Waals surface area contributed by atoms with Crippen molar-refractivity contribution in [3.8, 4) is 0 Å². The summed E-state index contributed by atoms with van der Waals surface area (Å²) >= 11 is 0. The van der Waals surface area contributed by atoms with Crippen LogP contribution >= 0.6 is 0 Å². The van der Waals surface area contributed by atoms with Gasteiger partial charge in [0.25, 0.3) is 0 Å². The van der Waals surface area contributed by atoms with Crippen molar-refractivity contribution in [2.24, 2.45) is 0 Å². The topological polar surface area (TPSA) is 55.4 Å². The molecular weight excluding hydrogens is 286 g/mol. The number of ether oxygens (including phenoxy) is 1. The molecule has 2 aromatic carbocycles. The number of fused-ring (bicyclic) bond motifs is 1. The lowest BCUT2D eigenvalue weighted by atomic mass is 10.1. The Morgan fingerprint density at radius 1 is 1.10 bits per heavy atom. The van der Waals surface area contributed by atoms with Gasteiger partial charge in [-0.2, -0.15) is 0 Å². The van der Waals surface area contributed by atoms with E-state index in [1.165, 1.54) is 0 Å². The molecule has 0 aliphatic rings. The van der Waals surface area contributed by atoms with E-state index in [1.54, 1.807) is 12.1 Å². The molecule has 0 heterocycles. The molecule has 0 aliphatic carbocycles. The first-order chi connectivity index (χ1) is 10.0. The average molecular weight is 307 g/mol. The molecule has 0 fully saturated rings. The van der Waals surface area contributed by atoms with Crippen LogP contribution in [-0.2, 0) is 14.8 Å². The number of rotatable bonds is 7. The Morgan fingerprint density at radius 2 is 1.81 bits per heavy atom. The van der Waals surface area contributed by atoms with Gasteiger partial charge in [-0.15, -0.1) is 0 Å². The molecule has 2 rings (SSSR count). The molecule has 0 unspecified atom stereocenters. The van der Waals surface area contributed by atoms with E-state index >= 15 is 0 Å². The average Bonchev–Trinajstić information content (AvgIpc) is 2.46. The fourth-order valence-corrected chi connectivity index (χ4v) is 3.41. The first kappa shape index (κ1) is 15.9. The highest BCUT2D eigenvalue weighted by Crippen LogP contribution is 2.22. The lowest BCUT2D eigenvalue weighted by Gasteiger charge is -2.10. The number of hydrogen-bond acceptors (Lipinski definition) is 3. The van der Waals surface area contributed by atoms with E-state index in [0.29, 0.717) is 24.5 Å². The van der Waals surface area contributed by atoms with Crippen molar-refractivity contribution < 1.29 is 13.2 Å². The van der Waals surface area contributed by atoms with Crippen molar-refractivity contribution in [3.05, 3.63) is 42.5 Å². The van der Waals surface area contributed by atoms with Gasteiger partial charge >= 0.3 is 0 Å². The second kappa shape index (κ2) is 7.02. The molecule has 0 spiro atoms. The maximum Gasteiger partial charge on any atom is 0.241 e. The molecule has 2 aromatic rings. The molecule has 0 radical (unpaired) electrons. The summed E-state index contributed by atoms with van der Waals surface area (Å²) in [6.45, 7) is 4.84. The maximum atomic E-state index is 12.4. The van der Waals surface area contributed by atoms with Crippen molar-refractivity contribution in [2.75, 3.05) is 13.2 Å². The van der Waals surface area contributed by atoms with Crippen LogP contribution in [0.4, 0.5) is 0 Å². The van der Waals surface area contributed by atoms with Gasteiger partial charge in [0.05, 0.1) is 11.0 Å². The molecule has 1 N–H and O–H groups in total. The maximum absolute atomic E-state index is 12.4. The van der Waals surface area contributed by atoms with Crippen molar-refractivity contribution in [1.82, 2.24) is 4.72 Å². The number of nitrogens with one attached hydrogen (secondary N) is 1. The van der Waals surface area contributed by atoms with Crippen LogP contribution in [0.15, 0.2) is 47.4 Å². The summed E-state index contributed by atoms with van der Waals surface area (Å²) in [7, 11) is -3.49. The fourth-order valence-electron chi connectivity index (χ4n) is 2.11. The predicted octanol–water partition coefficient (Wildman–Crippen LogP) is 2.93. The number of benzene rings is 2. The number of sulfonamides is 1. The van der Waals surface area contributed by atoms with Crippen molar-refractivity contribution in [3.63, 3.8) is 0 Å². The van der Waals surface area contributed by atoms with Crippen LogP contribution < -0.4 is 4.72 Å². The van der Waals surface area contributed by atoms with E-state index in [4.69, 9.17) is 4.74 Å². The summed E-state index contributed by atoms with van der Waals surface area (Å²) in [5, 5.41) is 1.66. The number of hydrogen-bond donors (Lipinski definition) is 1. The zero-order chi connectivity index (χ0) is 15.3. The Balaban J connectivity index is 2.08. The monoisotopic (exact) mass is 307 g/mol. The molecule has 0 aromatic heterocycles. The minimum Gasteiger partial charge on any atom is -0.379 e. The van der Waals surface area contributed by atoms with E-state index in [9.17, 15) is 8.42 Å². The van der Waals surface area contributed by atoms with E-state index < -0.39 is 10.0 Å². The van der Waals surface area contributed by atoms with Gasteiger partial charge in [0.2, 0.25) is 10.0 Å². The second-order valence-corrected chi connectivity index (χ2v) is 6.88. The predicted molar refractivity (Wildman–Crippen MR) is 84.8 cm³/mol. The molecule has 5 heteroatoms. The zero-order valence-electron chi connectivity index (χ0n) is 12.4. The third kappa shape index (κ3) is 4.27. The standard InChI is InChI=1S/C16H21NO3S/c1-13(2)20-12-6-11-17-21(18,19)16-10-5-8-14-7-3-4-9-15(14)16/h3-5,7-10,13,17H,6,11-12H2,1-2H3. The van der Waals surface area contributed by atoms with Crippen LogP contribution in [0.5, 0.6) is 0 Å². The van der Waals surface area contributed by atoms with Gasteiger partial charge < -0.3 is 4.74 Å². The van der Waals surface area contributed by atoms with Crippen LogP contribution in [0.2, 0.25) is 0 Å². The van der Waals surface area contributed by atoms with Crippen LogP contribution in [0.25, 0.3) is 10.8 Å². The lowest BCUT2D eigenvalue weighted by molar-refractivity contribution is 0.0778. The van der Waals surface area contributed by atoms with Gasteiger partial charge in [-0.05, 0) is 31.7 Å². The van der Waals surface area contributed by atoms with Crippen LogP contribution in [0, 0.1) is 0 Å². The summed E-state index contributed by atoms with van der Waals surface area (Å²) in [6, 6.07) is 12.8. The van der Waals surface area contributed by atoms with Crippen LogP contribution in [0.3, 0.4) is 0 Å². The first-order valence-electron chi connectivity index (χ1n) is 7.10. The fraction of sp³-hybridized carbons (Fsp3) is 0.375. The molecule has 4 nitrogen and oxygen atoms in total. The van der Waals surface area contributed by atoms with Gasteiger partial charge in [-0.25, -0.2) is 13.1 Å². The Labute approximate surface area is 126 Å². The third-order valence-corrected chi connectivity index (χ3v) is 4.62. The van der Waals surface area contributed by atoms with Crippen LogP contribution in [-0.4, -0.2) is 27.7 Å². The molecule has 0 amide bonds. The summed E-state index contributed by atoms with van der Waals surface area (Å²) in [5.74, 6) is 0. The van der Waals surface area contributed by atoms with E-state index in [-0.39, 0.29) is 6.10 Å². The second-order valence-electron chi connectivity index (χ2n) is 5.15. The molecule has 0 saturated heterocycles.